The third-order valence-electron chi connectivity index (χ3n) is 3.05. The van der Waals surface area contributed by atoms with Crippen LogP contribution < -0.4 is 16.6 Å². The Hall–Kier alpha value is -0.810. The molecule has 15 heavy (non-hydrogen) atoms. The van der Waals surface area contributed by atoms with Crippen molar-refractivity contribution in [2.75, 3.05) is 7.11 Å². The van der Waals surface area contributed by atoms with Gasteiger partial charge in [0.15, 0.2) is 0 Å². The summed E-state index contributed by atoms with van der Waals surface area (Å²) < 4.78 is 5.32. The number of rotatable bonds is 3. The molecule has 2 saturated carbocycles. The van der Waals surface area contributed by atoms with Gasteiger partial charge in [-0.25, -0.2) is 10.8 Å². The zero-order valence-corrected chi connectivity index (χ0v) is 9.20. The number of nitrogens with one attached hydrogen (secondary N) is 2. The highest BCUT2D eigenvalue weighted by molar-refractivity contribution is 5.79. The molecule has 0 aromatic heterocycles. The summed E-state index contributed by atoms with van der Waals surface area (Å²) in [4.78, 5) is 4.45. The van der Waals surface area contributed by atoms with Gasteiger partial charge in [0, 0.05) is 13.2 Å². The molecule has 2 aliphatic carbocycles. The predicted molar refractivity (Wildman–Crippen MR) is 59.4 cm³/mol. The van der Waals surface area contributed by atoms with Gasteiger partial charge < -0.3 is 10.1 Å². The zero-order chi connectivity index (χ0) is 10.7. The minimum atomic E-state index is 0.391. The van der Waals surface area contributed by atoms with Crippen molar-refractivity contribution in [1.82, 2.24) is 10.7 Å². The topological polar surface area (TPSA) is 71.7 Å². The molecule has 0 saturated heterocycles. The van der Waals surface area contributed by atoms with Crippen LogP contribution in [0.5, 0.6) is 0 Å². The lowest BCUT2D eigenvalue weighted by Gasteiger charge is -2.15. The van der Waals surface area contributed by atoms with Gasteiger partial charge in [-0.05, 0) is 32.1 Å². The quantitative estimate of drug-likeness (QED) is 0.269. The molecule has 0 heterocycles. The number of nitrogens with two attached hydrogens (primary N) is 1. The van der Waals surface area contributed by atoms with Gasteiger partial charge in [0.1, 0.15) is 0 Å². The molecule has 2 atom stereocenters. The van der Waals surface area contributed by atoms with Crippen LogP contribution in [0.1, 0.15) is 32.1 Å². The first-order valence-corrected chi connectivity index (χ1v) is 5.65. The molecule has 0 aliphatic heterocycles. The van der Waals surface area contributed by atoms with Crippen LogP contribution in [0.15, 0.2) is 4.99 Å². The predicted octanol–water partition coefficient (Wildman–Crippen LogP) is 0.125. The van der Waals surface area contributed by atoms with Crippen LogP contribution in [-0.4, -0.2) is 31.3 Å². The van der Waals surface area contributed by atoms with Crippen LogP contribution in [0.2, 0.25) is 0 Å². The second-order valence-corrected chi connectivity index (χ2v) is 4.37. The van der Waals surface area contributed by atoms with Crippen molar-refractivity contribution in [2.45, 2.75) is 50.3 Å². The maximum atomic E-state index is 5.42. The number of hydrogen-bond acceptors (Lipinski definition) is 3. The van der Waals surface area contributed by atoms with Gasteiger partial charge in [0.25, 0.3) is 0 Å². The Balaban J connectivity index is 1.79. The SMILES string of the molecule is COC1CCC(NC(=NC2CC2)NN)C1. The van der Waals surface area contributed by atoms with Crippen molar-refractivity contribution in [3.05, 3.63) is 0 Å². The Morgan fingerprint density at radius 2 is 2.13 bits per heavy atom. The van der Waals surface area contributed by atoms with Crippen LogP contribution in [-0.2, 0) is 4.74 Å². The lowest BCUT2D eigenvalue weighted by atomic mass is 10.2. The van der Waals surface area contributed by atoms with E-state index < -0.39 is 0 Å². The van der Waals surface area contributed by atoms with Gasteiger partial charge in [-0.1, -0.05) is 0 Å². The van der Waals surface area contributed by atoms with Crippen molar-refractivity contribution in [3.8, 4) is 0 Å². The molecule has 0 aromatic rings. The van der Waals surface area contributed by atoms with E-state index in [2.05, 4.69) is 15.7 Å². The first-order valence-electron chi connectivity index (χ1n) is 5.65. The average molecular weight is 212 g/mol. The van der Waals surface area contributed by atoms with Crippen LogP contribution >= 0.6 is 0 Å². The maximum Gasteiger partial charge on any atom is 0.206 e. The van der Waals surface area contributed by atoms with Crippen LogP contribution in [0.4, 0.5) is 0 Å². The fourth-order valence-electron chi connectivity index (χ4n) is 1.98. The Kier molecular flexibility index (Phi) is 3.43. The van der Waals surface area contributed by atoms with Crippen LogP contribution in [0, 0.1) is 0 Å². The van der Waals surface area contributed by atoms with E-state index in [1.165, 1.54) is 12.8 Å². The summed E-state index contributed by atoms with van der Waals surface area (Å²) in [6.45, 7) is 0. The number of aliphatic imine (C=N–C) groups is 1. The molecule has 0 spiro atoms. The number of methoxy groups -OCH3 is 1. The smallest absolute Gasteiger partial charge is 0.206 e. The Morgan fingerprint density at radius 3 is 2.67 bits per heavy atom. The van der Waals surface area contributed by atoms with Crippen molar-refractivity contribution < 1.29 is 4.74 Å². The average Bonchev–Trinajstić information content (AvgIpc) is 2.95. The summed E-state index contributed by atoms with van der Waals surface area (Å²) in [6.07, 6.45) is 6.07. The molecule has 86 valence electrons. The second kappa shape index (κ2) is 4.81. The standard InChI is InChI=1S/C10H20N4O/c1-15-9-5-4-8(6-9)13-10(14-11)12-7-2-3-7/h7-9H,2-6,11H2,1H3,(H2,12,13,14). The molecule has 4 N–H and O–H groups in total. The number of hydrazine groups is 1. The van der Waals surface area contributed by atoms with Crippen molar-refractivity contribution in [2.24, 2.45) is 10.8 Å². The van der Waals surface area contributed by atoms with Crippen LogP contribution in [0.3, 0.4) is 0 Å². The number of nitrogens with zero attached hydrogens (tertiary/aromatic N) is 1. The summed E-state index contributed by atoms with van der Waals surface area (Å²) in [7, 11) is 1.77. The van der Waals surface area contributed by atoms with E-state index >= 15 is 0 Å². The molecule has 5 nitrogen and oxygen atoms in total. The molecule has 5 heteroatoms. The molecule has 0 amide bonds. The van der Waals surface area contributed by atoms with Crippen molar-refractivity contribution in [1.29, 1.82) is 0 Å². The fourth-order valence-corrected chi connectivity index (χ4v) is 1.98. The minimum absolute atomic E-state index is 0.391. The van der Waals surface area contributed by atoms with E-state index in [1.54, 1.807) is 7.11 Å². The molecule has 2 aliphatic rings. The summed E-state index contributed by atoms with van der Waals surface area (Å²) in [5.41, 5.74) is 2.63. The van der Waals surface area contributed by atoms with E-state index in [-0.39, 0.29) is 0 Å². The highest BCUT2D eigenvalue weighted by atomic mass is 16.5. The number of hydrogen-bond donors (Lipinski definition) is 3. The molecule has 2 unspecified atom stereocenters. The highest BCUT2D eigenvalue weighted by Crippen LogP contribution is 2.24. The van der Waals surface area contributed by atoms with Gasteiger partial charge in [-0.3, -0.25) is 5.43 Å². The third kappa shape index (κ3) is 3.07. The largest absolute Gasteiger partial charge is 0.381 e. The highest BCUT2D eigenvalue weighted by Gasteiger charge is 2.26. The van der Waals surface area contributed by atoms with E-state index in [1.807, 2.05) is 0 Å². The molecule has 0 aromatic carbocycles. The number of ether oxygens (including phenoxy) is 1. The Morgan fingerprint density at radius 1 is 1.33 bits per heavy atom. The van der Waals surface area contributed by atoms with Gasteiger partial charge in [-0.15, -0.1) is 0 Å². The van der Waals surface area contributed by atoms with Gasteiger partial charge in [0.05, 0.1) is 12.1 Å². The van der Waals surface area contributed by atoms with E-state index in [0.29, 0.717) is 18.2 Å². The van der Waals surface area contributed by atoms with Crippen molar-refractivity contribution >= 4 is 5.96 Å². The van der Waals surface area contributed by atoms with E-state index in [0.717, 1.165) is 25.2 Å². The molecular weight excluding hydrogens is 192 g/mol. The molecule has 0 radical (unpaired) electrons. The third-order valence-corrected chi connectivity index (χ3v) is 3.05. The Bertz CT molecular complexity index is 240. The summed E-state index contributed by atoms with van der Waals surface area (Å²) in [5.74, 6) is 6.15. The minimum Gasteiger partial charge on any atom is -0.381 e. The van der Waals surface area contributed by atoms with Crippen LogP contribution in [0.25, 0.3) is 0 Å². The maximum absolute atomic E-state index is 5.42. The summed E-state index contributed by atoms with van der Waals surface area (Å²) in [6, 6.07) is 0.937. The number of guanidine groups is 1. The normalized spacial score (nSPS) is 31.7. The molecular formula is C10H20N4O. The second-order valence-electron chi connectivity index (χ2n) is 4.37. The van der Waals surface area contributed by atoms with Crippen molar-refractivity contribution in [3.63, 3.8) is 0 Å². The Labute approximate surface area is 90.4 Å². The van der Waals surface area contributed by atoms with Gasteiger partial charge in [-0.2, -0.15) is 0 Å². The summed E-state index contributed by atoms with van der Waals surface area (Å²) >= 11 is 0. The molecule has 0 bridgehead atoms. The first kappa shape index (κ1) is 10.7. The zero-order valence-electron chi connectivity index (χ0n) is 9.20. The lowest BCUT2D eigenvalue weighted by molar-refractivity contribution is 0.107. The lowest BCUT2D eigenvalue weighted by Crippen LogP contribution is -2.46. The molecule has 2 rings (SSSR count). The van der Waals surface area contributed by atoms with Gasteiger partial charge >= 0.3 is 0 Å². The summed E-state index contributed by atoms with van der Waals surface area (Å²) in [5, 5.41) is 3.34. The van der Waals surface area contributed by atoms with Gasteiger partial charge in [0.2, 0.25) is 5.96 Å². The fraction of sp³-hybridized carbons (Fsp3) is 0.900. The first-order chi connectivity index (χ1) is 7.31. The van der Waals surface area contributed by atoms with E-state index in [4.69, 9.17) is 10.6 Å². The monoisotopic (exact) mass is 212 g/mol. The van der Waals surface area contributed by atoms with E-state index in [9.17, 15) is 0 Å². The molecule has 2 fully saturated rings.